The fourth-order valence-electron chi connectivity index (χ4n) is 6.27. The van der Waals surface area contributed by atoms with Crippen molar-refractivity contribution in [3.8, 4) is 0 Å². The van der Waals surface area contributed by atoms with Gasteiger partial charge < -0.3 is 25.2 Å². The number of carboxylic acids is 1. The Morgan fingerprint density at radius 3 is 2.32 bits per heavy atom. The van der Waals surface area contributed by atoms with Crippen LogP contribution in [0.1, 0.15) is 112 Å². The van der Waals surface area contributed by atoms with Crippen molar-refractivity contribution in [3.63, 3.8) is 0 Å². The van der Waals surface area contributed by atoms with Crippen LogP contribution in [0.15, 0.2) is 0 Å². The molecule has 3 fully saturated rings. The highest BCUT2D eigenvalue weighted by Gasteiger charge is 2.47. The number of rotatable bonds is 12. The average Bonchev–Trinajstić information content (AvgIpc) is 2.80. The number of hydrogen-bond acceptors (Lipinski definition) is 5. The van der Waals surface area contributed by atoms with E-state index in [1.807, 2.05) is 13.8 Å². The van der Waals surface area contributed by atoms with Gasteiger partial charge in [0.2, 0.25) is 11.8 Å². The van der Waals surface area contributed by atoms with Crippen molar-refractivity contribution in [2.75, 3.05) is 13.2 Å². The maximum Gasteiger partial charge on any atom is 0.308 e. The van der Waals surface area contributed by atoms with E-state index in [-0.39, 0.29) is 35.7 Å². The molecule has 1 heterocycles. The predicted molar refractivity (Wildman–Crippen MR) is 142 cm³/mol. The molecule has 2 saturated carbocycles. The zero-order chi connectivity index (χ0) is 27.3. The number of unbranched alkanes of at least 4 members (excludes halogenated alkanes) is 3. The smallest absolute Gasteiger partial charge is 0.308 e. The lowest BCUT2D eigenvalue weighted by molar-refractivity contribution is -0.304. The van der Waals surface area contributed by atoms with Crippen molar-refractivity contribution in [1.82, 2.24) is 10.6 Å². The minimum absolute atomic E-state index is 0.0184. The molecule has 2 amide bonds. The summed E-state index contributed by atoms with van der Waals surface area (Å²) in [5, 5.41) is 16.3. The van der Waals surface area contributed by atoms with Crippen LogP contribution in [0.25, 0.3) is 0 Å². The third-order valence-electron chi connectivity index (χ3n) is 8.91. The third kappa shape index (κ3) is 7.47. The van der Waals surface area contributed by atoms with E-state index >= 15 is 0 Å². The summed E-state index contributed by atoms with van der Waals surface area (Å²) < 4.78 is 11.6. The lowest BCUT2D eigenvalue weighted by atomic mass is 9.64. The van der Waals surface area contributed by atoms with Crippen molar-refractivity contribution in [3.05, 3.63) is 0 Å². The van der Waals surface area contributed by atoms with E-state index < -0.39 is 29.2 Å². The standard InChI is InChI=1S/C29H50N2O6/c1-6-7-8-11-15-29(16-12-17-29)26(35)31-22-14-10-9-13-20(22)21(25(33)34)18-30-24(32)23-27(2,3)19-36-28(4,5)37-23/h20-23H,6-19H2,1-5H3,(H,30,32)(H,31,35)(H,33,34). The van der Waals surface area contributed by atoms with Gasteiger partial charge in [0.25, 0.3) is 0 Å². The van der Waals surface area contributed by atoms with Crippen LogP contribution in [0.5, 0.6) is 0 Å². The van der Waals surface area contributed by atoms with Crippen molar-refractivity contribution in [1.29, 1.82) is 0 Å². The lowest BCUT2D eigenvalue weighted by Crippen LogP contribution is -2.58. The first-order chi connectivity index (χ1) is 17.4. The molecule has 4 unspecified atom stereocenters. The van der Waals surface area contributed by atoms with Gasteiger partial charge in [0.1, 0.15) is 6.10 Å². The second-order valence-electron chi connectivity index (χ2n) is 12.8. The summed E-state index contributed by atoms with van der Waals surface area (Å²) in [5.41, 5.74) is -0.810. The summed E-state index contributed by atoms with van der Waals surface area (Å²) in [6.45, 7) is 9.95. The Bertz CT molecular complexity index is 806. The van der Waals surface area contributed by atoms with E-state index in [9.17, 15) is 19.5 Å². The first-order valence-electron chi connectivity index (χ1n) is 14.5. The number of nitrogens with one attached hydrogen (secondary N) is 2. The molecule has 0 spiro atoms. The van der Waals surface area contributed by atoms with E-state index in [1.165, 1.54) is 12.8 Å². The zero-order valence-electron chi connectivity index (χ0n) is 23.7. The van der Waals surface area contributed by atoms with E-state index in [4.69, 9.17) is 9.47 Å². The molecule has 8 heteroatoms. The van der Waals surface area contributed by atoms with Crippen LogP contribution in [0.4, 0.5) is 0 Å². The molecule has 1 saturated heterocycles. The molecule has 3 N–H and O–H groups in total. The molecule has 3 aliphatic rings. The molecule has 0 radical (unpaired) electrons. The Balaban J connectivity index is 1.64. The topological polar surface area (TPSA) is 114 Å². The number of amides is 2. The van der Waals surface area contributed by atoms with Gasteiger partial charge in [-0.05, 0) is 51.9 Å². The molecule has 37 heavy (non-hydrogen) atoms. The van der Waals surface area contributed by atoms with Gasteiger partial charge in [-0.15, -0.1) is 0 Å². The summed E-state index contributed by atoms with van der Waals surface area (Å²) in [4.78, 5) is 39.0. The second kappa shape index (κ2) is 12.5. The largest absolute Gasteiger partial charge is 0.481 e. The third-order valence-corrected chi connectivity index (χ3v) is 8.91. The zero-order valence-corrected chi connectivity index (χ0v) is 23.7. The Kier molecular flexibility index (Phi) is 10.1. The van der Waals surface area contributed by atoms with Crippen molar-refractivity contribution in [2.45, 2.75) is 130 Å². The fraction of sp³-hybridized carbons (Fsp3) is 0.897. The molecule has 4 atom stereocenters. The summed E-state index contributed by atoms with van der Waals surface area (Å²) in [6.07, 6.45) is 11.1. The molecule has 3 rings (SSSR count). The molecular weight excluding hydrogens is 472 g/mol. The van der Waals surface area contributed by atoms with Crippen molar-refractivity contribution in [2.24, 2.45) is 22.7 Å². The first-order valence-corrected chi connectivity index (χ1v) is 14.5. The Morgan fingerprint density at radius 1 is 1.00 bits per heavy atom. The number of aliphatic carboxylic acids is 1. The average molecular weight is 523 g/mol. The molecule has 2 aliphatic carbocycles. The number of ether oxygens (including phenoxy) is 2. The molecule has 0 aromatic carbocycles. The Labute approximate surface area is 223 Å². The summed E-state index contributed by atoms with van der Waals surface area (Å²) in [5.74, 6) is -3.00. The van der Waals surface area contributed by atoms with Crippen LogP contribution in [-0.2, 0) is 23.9 Å². The molecule has 0 aromatic rings. The van der Waals surface area contributed by atoms with Gasteiger partial charge in [-0.3, -0.25) is 14.4 Å². The van der Waals surface area contributed by atoms with Crippen molar-refractivity contribution >= 4 is 17.8 Å². The Hall–Kier alpha value is -1.67. The van der Waals surface area contributed by atoms with Gasteiger partial charge in [0, 0.05) is 23.4 Å². The maximum absolute atomic E-state index is 13.5. The quantitative estimate of drug-likeness (QED) is 0.317. The van der Waals surface area contributed by atoms with Crippen molar-refractivity contribution < 1.29 is 29.0 Å². The Morgan fingerprint density at radius 2 is 1.70 bits per heavy atom. The number of carbonyl (C=O) groups excluding carboxylic acids is 2. The highest BCUT2D eigenvalue weighted by atomic mass is 16.7. The number of carboxylic acid groups (broad SMARTS) is 1. The van der Waals surface area contributed by atoms with Crippen LogP contribution in [0.3, 0.4) is 0 Å². The van der Waals surface area contributed by atoms with Gasteiger partial charge >= 0.3 is 5.97 Å². The summed E-state index contributed by atoms with van der Waals surface area (Å²) in [7, 11) is 0. The lowest BCUT2D eigenvalue weighted by Gasteiger charge is -2.45. The fourth-order valence-corrected chi connectivity index (χ4v) is 6.27. The van der Waals surface area contributed by atoms with E-state index in [0.29, 0.717) is 6.61 Å². The van der Waals surface area contributed by atoms with Crippen LogP contribution < -0.4 is 10.6 Å². The molecule has 0 aromatic heterocycles. The second-order valence-corrected chi connectivity index (χ2v) is 12.8. The maximum atomic E-state index is 13.5. The van der Waals surface area contributed by atoms with Gasteiger partial charge in [0.05, 0.1) is 12.5 Å². The van der Waals surface area contributed by atoms with Gasteiger partial charge in [0.15, 0.2) is 5.79 Å². The molecule has 0 bridgehead atoms. The predicted octanol–water partition coefficient (Wildman–Crippen LogP) is 4.80. The van der Waals surface area contributed by atoms with Crippen LogP contribution >= 0.6 is 0 Å². The van der Waals surface area contributed by atoms with Crippen LogP contribution in [0, 0.1) is 22.7 Å². The SMILES string of the molecule is CCCCCCC1(C(=O)NC2CCCCC2C(CNC(=O)C2OC(C)(C)OCC2(C)C)C(=O)O)CCC1. The highest BCUT2D eigenvalue weighted by molar-refractivity contribution is 5.84. The monoisotopic (exact) mass is 522 g/mol. The molecular formula is C29H50N2O6. The van der Waals surface area contributed by atoms with Gasteiger partial charge in [-0.25, -0.2) is 0 Å². The van der Waals surface area contributed by atoms with Gasteiger partial charge in [-0.1, -0.05) is 65.7 Å². The summed E-state index contributed by atoms with van der Waals surface area (Å²) in [6, 6.07) is -0.179. The highest BCUT2D eigenvalue weighted by Crippen LogP contribution is 2.46. The molecule has 8 nitrogen and oxygen atoms in total. The minimum atomic E-state index is -0.933. The van der Waals surface area contributed by atoms with Crippen LogP contribution in [-0.4, -0.2) is 54.0 Å². The molecule has 212 valence electrons. The minimum Gasteiger partial charge on any atom is -0.481 e. The van der Waals surface area contributed by atoms with Crippen LogP contribution in [0.2, 0.25) is 0 Å². The first kappa shape index (κ1) is 29.9. The van der Waals surface area contributed by atoms with E-state index in [0.717, 1.165) is 64.2 Å². The van der Waals surface area contributed by atoms with E-state index in [1.54, 1.807) is 13.8 Å². The normalized spacial score (nSPS) is 28.9. The number of carbonyl (C=O) groups is 3. The number of hydrogen-bond donors (Lipinski definition) is 3. The van der Waals surface area contributed by atoms with E-state index in [2.05, 4.69) is 17.6 Å². The molecule has 1 aliphatic heterocycles. The van der Waals surface area contributed by atoms with Gasteiger partial charge in [-0.2, -0.15) is 0 Å². The summed E-state index contributed by atoms with van der Waals surface area (Å²) >= 11 is 0.